The lowest BCUT2D eigenvalue weighted by atomic mass is 10.0. The molecule has 0 aromatic heterocycles. The summed E-state index contributed by atoms with van der Waals surface area (Å²) < 4.78 is 25.0. The van der Waals surface area contributed by atoms with Crippen molar-refractivity contribution in [3.63, 3.8) is 0 Å². The van der Waals surface area contributed by atoms with Crippen molar-refractivity contribution in [3.05, 3.63) is 41.7 Å². The van der Waals surface area contributed by atoms with Crippen LogP contribution >= 0.6 is 0 Å². The van der Waals surface area contributed by atoms with E-state index in [1.54, 1.807) is 7.11 Å². The van der Waals surface area contributed by atoms with Gasteiger partial charge in [0, 0.05) is 51.3 Å². The van der Waals surface area contributed by atoms with Crippen LogP contribution in [0.5, 0.6) is 0 Å². The van der Waals surface area contributed by atoms with Crippen LogP contribution in [0.4, 0.5) is 10.1 Å². The van der Waals surface area contributed by atoms with E-state index in [0.717, 1.165) is 43.7 Å². The quantitative estimate of drug-likeness (QED) is 0.465. The largest absolute Gasteiger partial charge is 0.378 e. The number of benzene rings is 1. The molecule has 2 heterocycles. The monoisotopic (exact) mass is 465 g/mol. The van der Waals surface area contributed by atoms with Crippen LogP contribution in [-0.4, -0.2) is 75.0 Å². The first-order valence-corrected chi connectivity index (χ1v) is 12.2. The van der Waals surface area contributed by atoms with Gasteiger partial charge in [-0.05, 0) is 50.9 Å². The zero-order valence-corrected chi connectivity index (χ0v) is 20.4. The molecule has 0 aliphatic carbocycles. The van der Waals surface area contributed by atoms with Crippen LogP contribution in [0, 0.1) is 0 Å². The van der Waals surface area contributed by atoms with Crippen molar-refractivity contribution < 1.29 is 24.7 Å². The predicted molar refractivity (Wildman–Crippen MR) is 128 cm³/mol. The van der Waals surface area contributed by atoms with Crippen molar-refractivity contribution in [3.8, 4) is 0 Å². The third kappa shape index (κ3) is 7.39. The van der Waals surface area contributed by atoms with Crippen molar-refractivity contribution >= 4 is 5.69 Å². The van der Waals surface area contributed by atoms with Crippen LogP contribution in [0.15, 0.2) is 36.2 Å². The molecular formula is C25H42FN4O3+. The topological polar surface area (TPSA) is 84.8 Å². The first-order chi connectivity index (χ1) is 15.9. The number of nitrogens with one attached hydrogen (secondary N) is 1. The fourth-order valence-corrected chi connectivity index (χ4v) is 4.85. The Morgan fingerprint density at radius 3 is 2.64 bits per heavy atom. The van der Waals surface area contributed by atoms with Gasteiger partial charge in [0.2, 0.25) is 0 Å². The van der Waals surface area contributed by atoms with Crippen molar-refractivity contribution in [2.75, 3.05) is 45.4 Å². The fourth-order valence-electron chi connectivity index (χ4n) is 4.85. The lowest BCUT2D eigenvalue weighted by molar-refractivity contribution is -0.307. The molecule has 0 spiro atoms. The van der Waals surface area contributed by atoms with Crippen molar-refractivity contribution in [1.29, 1.82) is 0 Å². The van der Waals surface area contributed by atoms with Crippen LogP contribution in [0.25, 0.3) is 0 Å². The number of methoxy groups -OCH3 is 1. The van der Waals surface area contributed by atoms with Gasteiger partial charge in [-0.3, -0.25) is 0 Å². The number of aliphatic hydroxyl groups is 1. The molecular weight excluding hydrogens is 423 g/mol. The second-order valence-corrected chi connectivity index (χ2v) is 9.43. The molecule has 0 amide bonds. The van der Waals surface area contributed by atoms with Gasteiger partial charge in [-0.2, -0.15) is 0 Å². The summed E-state index contributed by atoms with van der Waals surface area (Å²) in [5.74, 6) is 0. The van der Waals surface area contributed by atoms with Crippen LogP contribution in [0.3, 0.4) is 0 Å². The van der Waals surface area contributed by atoms with E-state index in [4.69, 9.17) is 9.47 Å². The van der Waals surface area contributed by atoms with E-state index < -0.39 is 19.0 Å². The van der Waals surface area contributed by atoms with E-state index in [1.165, 1.54) is 18.5 Å². The zero-order chi connectivity index (χ0) is 23.8. The molecule has 3 rings (SSSR count). The van der Waals surface area contributed by atoms with E-state index in [0.29, 0.717) is 6.42 Å². The lowest BCUT2D eigenvalue weighted by Gasteiger charge is -2.36. The summed E-state index contributed by atoms with van der Waals surface area (Å²) in [6, 6.07) is 8.08. The Hall–Kier alpha value is -1.71. The van der Waals surface area contributed by atoms with Crippen molar-refractivity contribution in [1.82, 2.24) is 10.2 Å². The Kier molecular flexibility index (Phi) is 9.94. The Morgan fingerprint density at radius 1 is 1.33 bits per heavy atom. The van der Waals surface area contributed by atoms with Gasteiger partial charge in [0.25, 0.3) is 0 Å². The highest BCUT2D eigenvalue weighted by Gasteiger charge is 2.28. The highest BCUT2D eigenvalue weighted by Crippen LogP contribution is 2.26. The van der Waals surface area contributed by atoms with Crippen molar-refractivity contribution in [2.45, 2.75) is 69.6 Å². The maximum absolute atomic E-state index is 13.9. The number of ether oxygens (including phenoxy) is 2. The average molecular weight is 466 g/mol. The minimum absolute atomic E-state index is 0.0540. The highest BCUT2D eigenvalue weighted by molar-refractivity contribution is 5.48. The molecule has 5 N–H and O–H groups in total. The third-order valence-electron chi connectivity index (χ3n) is 6.86. The third-order valence-corrected chi connectivity index (χ3v) is 6.86. The summed E-state index contributed by atoms with van der Waals surface area (Å²) >= 11 is 0. The standard InChI is InChI=1S/C25H41FN4O3/c1-18-14-22(15-24(31)33-18)29(2)13-10-20(27)17-28-23(16-26)25(32-3)19-6-8-21(9-7-19)30-11-4-5-12-30/h6-9,17-18,22-25,28,31H,4-5,10-16,27H2,1-3H3/p+1/b20-17-/t18-,22+,23-,24-,25?/m1/s1. The first-order valence-electron chi connectivity index (χ1n) is 12.2. The van der Waals surface area contributed by atoms with E-state index in [2.05, 4.69) is 40.0 Å². The fraction of sp³-hybridized carbons (Fsp3) is 0.680. The molecule has 7 nitrogen and oxygen atoms in total. The van der Waals surface area contributed by atoms with Crippen LogP contribution in [0.1, 0.15) is 50.7 Å². The van der Waals surface area contributed by atoms with E-state index in [9.17, 15) is 9.50 Å². The second-order valence-electron chi connectivity index (χ2n) is 9.43. The minimum atomic E-state index is -0.696. The minimum Gasteiger partial charge on any atom is -0.378 e. The second kappa shape index (κ2) is 12.7. The lowest BCUT2D eigenvalue weighted by Crippen LogP contribution is -2.51. The first kappa shape index (κ1) is 25.9. The van der Waals surface area contributed by atoms with E-state index in [1.807, 2.05) is 25.3 Å². The molecule has 2 saturated heterocycles. The molecule has 0 saturated carbocycles. The van der Waals surface area contributed by atoms with E-state index >= 15 is 0 Å². The molecule has 1 aromatic rings. The summed E-state index contributed by atoms with van der Waals surface area (Å²) in [6.07, 6.45) is 5.53. The summed E-state index contributed by atoms with van der Waals surface area (Å²) in [7, 11) is 3.68. The van der Waals surface area contributed by atoms with E-state index in [-0.39, 0.29) is 18.2 Å². The number of hydrogen-bond acceptors (Lipinski definition) is 6. The molecule has 1 aromatic carbocycles. The number of hydrogen-bond donors (Lipinski definition) is 3. The number of rotatable bonds is 11. The highest BCUT2D eigenvalue weighted by atomic mass is 19.1. The molecule has 1 unspecified atom stereocenters. The summed E-state index contributed by atoms with van der Waals surface area (Å²) in [6.45, 7) is 4.45. The van der Waals surface area contributed by atoms with Gasteiger partial charge >= 0.3 is 0 Å². The number of quaternary nitrogens is 1. The van der Waals surface area contributed by atoms with Gasteiger partial charge in [-0.25, -0.2) is 4.39 Å². The molecule has 2 aliphatic rings. The molecule has 0 bridgehead atoms. The molecule has 2 fully saturated rings. The van der Waals surface area contributed by atoms with Gasteiger partial charge in [0.05, 0.1) is 18.3 Å². The summed E-state index contributed by atoms with van der Waals surface area (Å²) in [5.41, 5.74) is 7.21. The smallest absolute Gasteiger partial charge is 0.156 e. The van der Waals surface area contributed by atoms with Crippen LogP contribution in [0.2, 0.25) is 0 Å². The Morgan fingerprint density at radius 2 is 2.03 bits per heavy atom. The number of alkyl halides is 1. The number of aliphatic hydroxyl groups excluding tert-OH is 1. The number of anilines is 1. The Labute approximate surface area is 197 Å². The zero-order valence-electron chi connectivity index (χ0n) is 20.4. The van der Waals surface area contributed by atoms with Crippen LogP contribution < -0.4 is 16.0 Å². The Balaban J connectivity index is 1.52. The molecule has 0 radical (unpaired) electrons. The van der Waals surface area contributed by atoms with Crippen molar-refractivity contribution in [2.24, 2.45) is 0 Å². The molecule has 5 atom stereocenters. The molecule has 2 aliphatic heterocycles. The maximum atomic E-state index is 13.9. The predicted octanol–water partition coefficient (Wildman–Crippen LogP) is 2.19. The number of nitrogens with zero attached hydrogens (tertiary/aromatic N) is 2. The van der Waals surface area contributed by atoms with Gasteiger partial charge in [-0.15, -0.1) is 0 Å². The van der Waals surface area contributed by atoms with Gasteiger partial charge in [-0.1, -0.05) is 12.1 Å². The summed E-state index contributed by atoms with van der Waals surface area (Å²) in [5, 5.41) is 13.0. The SMILES string of the molecule is COC(c1ccc(N2CCCC2)cc1)[C@@H](CF)N/C=C(\[NH3+])CCN(C)[C@H]1C[C@@H](C)O[C@@H](O)C1. The molecule has 8 heteroatoms. The Bertz CT molecular complexity index is 732. The average Bonchev–Trinajstić information content (AvgIpc) is 3.34. The molecule has 186 valence electrons. The maximum Gasteiger partial charge on any atom is 0.156 e. The number of halogens is 1. The van der Waals surface area contributed by atoms with Gasteiger partial charge < -0.3 is 35.4 Å². The summed E-state index contributed by atoms with van der Waals surface area (Å²) in [4.78, 5) is 4.63. The normalized spacial score (nSPS) is 26.0. The molecule has 33 heavy (non-hydrogen) atoms. The van der Waals surface area contributed by atoms with Gasteiger partial charge in [0.1, 0.15) is 18.5 Å². The van der Waals surface area contributed by atoms with Crippen LogP contribution in [-0.2, 0) is 9.47 Å². The van der Waals surface area contributed by atoms with Gasteiger partial charge in [0.15, 0.2) is 6.29 Å².